The molecular weight excluding hydrogens is 224 g/mol. The molecule has 3 nitrogen and oxygen atoms in total. The summed E-state index contributed by atoms with van der Waals surface area (Å²) in [4.78, 5) is 2.33. The van der Waals surface area contributed by atoms with Crippen molar-refractivity contribution < 1.29 is 5.11 Å². The van der Waals surface area contributed by atoms with Crippen LogP contribution in [0.15, 0.2) is 24.3 Å². The van der Waals surface area contributed by atoms with Crippen LogP contribution < -0.4 is 10.2 Å². The maximum Gasteiger partial charge on any atom is 0.0662 e. The molecule has 3 heteroatoms. The Bertz CT molecular complexity index is 320. The normalized spacial score (nSPS) is 12.4. The zero-order valence-corrected chi connectivity index (χ0v) is 11.8. The third kappa shape index (κ3) is 4.67. The van der Waals surface area contributed by atoms with Gasteiger partial charge in [-0.15, -0.1) is 0 Å². The van der Waals surface area contributed by atoms with Gasteiger partial charge >= 0.3 is 0 Å². The van der Waals surface area contributed by atoms with Crippen LogP contribution in [0.4, 0.5) is 5.69 Å². The van der Waals surface area contributed by atoms with E-state index in [1.807, 2.05) is 6.92 Å². The van der Waals surface area contributed by atoms with Gasteiger partial charge in [-0.05, 0) is 38.0 Å². The van der Waals surface area contributed by atoms with Crippen molar-refractivity contribution in [2.45, 2.75) is 39.8 Å². The Morgan fingerprint density at radius 2 is 1.72 bits per heavy atom. The SMILES string of the molecule is CCC(O)CNCc1ccc(N(CC)CC)cc1. The summed E-state index contributed by atoms with van der Waals surface area (Å²) in [5, 5.41) is 12.7. The van der Waals surface area contributed by atoms with E-state index < -0.39 is 0 Å². The number of benzene rings is 1. The molecule has 0 bridgehead atoms. The molecule has 0 heterocycles. The highest BCUT2D eigenvalue weighted by Crippen LogP contribution is 2.14. The van der Waals surface area contributed by atoms with Crippen molar-refractivity contribution in [3.05, 3.63) is 29.8 Å². The molecule has 0 aromatic heterocycles. The van der Waals surface area contributed by atoms with E-state index in [0.29, 0.717) is 6.54 Å². The monoisotopic (exact) mass is 250 g/mol. The van der Waals surface area contributed by atoms with E-state index in [-0.39, 0.29) is 6.10 Å². The summed E-state index contributed by atoms with van der Waals surface area (Å²) < 4.78 is 0. The molecule has 0 fully saturated rings. The average Bonchev–Trinajstić information content (AvgIpc) is 2.41. The molecule has 2 N–H and O–H groups in total. The summed E-state index contributed by atoms with van der Waals surface area (Å²) in [6, 6.07) is 8.64. The fourth-order valence-corrected chi connectivity index (χ4v) is 1.94. The molecule has 0 saturated carbocycles. The summed E-state index contributed by atoms with van der Waals surface area (Å²) in [6.45, 7) is 9.89. The third-order valence-electron chi connectivity index (χ3n) is 3.25. The number of anilines is 1. The summed E-state index contributed by atoms with van der Waals surface area (Å²) in [5.41, 5.74) is 2.53. The molecule has 0 aliphatic rings. The lowest BCUT2D eigenvalue weighted by Crippen LogP contribution is -2.25. The highest BCUT2D eigenvalue weighted by Gasteiger charge is 2.02. The van der Waals surface area contributed by atoms with Gasteiger partial charge in [0.25, 0.3) is 0 Å². The maximum absolute atomic E-state index is 9.45. The van der Waals surface area contributed by atoms with Gasteiger partial charge in [0.2, 0.25) is 0 Å². The van der Waals surface area contributed by atoms with Crippen LogP contribution in [0.5, 0.6) is 0 Å². The lowest BCUT2D eigenvalue weighted by molar-refractivity contribution is 0.167. The summed E-state index contributed by atoms with van der Waals surface area (Å²) >= 11 is 0. The van der Waals surface area contributed by atoms with Gasteiger partial charge in [0, 0.05) is 31.9 Å². The number of hydrogen-bond donors (Lipinski definition) is 2. The van der Waals surface area contributed by atoms with Gasteiger partial charge in [0.1, 0.15) is 0 Å². The molecule has 1 rings (SSSR count). The molecule has 0 radical (unpaired) electrons. The fourth-order valence-electron chi connectivity index (χ4n) is 1.94. The minimum atomic E-state index is -0.236. The molecule has 1 atom stereocenters. The van der Waals surface area contributed by atoms with E-state index in [1.165, 1.54) is 11.3 Å². The van der Waals surface area contributed by atoms with Crippen molar-refractivity contribution in [1.82, 2.24) is 5.32 Å². The second kappa shape index (κ2) is 8.11. The lowest BCUT2D eigenvalue weighted by atomic mass is 10.2. The van der Waals surface area contributed by atoms with E-state index in [9.17, 15) is 5.11 Å². The first kappa shape index (κ1) is 15.0. The Balaban J connectivity index is 2.45. The highest BCUT2D eigenvalue weighted by molar-refractivity contribution is 5.47. The van der Waals surface area contributed by atoms with E-state index in [0.717, 1.165) is 26.1 Å². The standard InChI is InChI=1S/C15H26N2O/c1-4-15(18)12-16-11-13-7-9-14(10-8-13)17(5-2)6-3/h7-10,15-16,18H,4-6,11-12H2,1-3H3. The number of rotatable bonds is 8. The Morgan fingerprint density at radius 3 is 2.22 bits per heavy atom. The van der Waals surface area contributed by atoms with Gasteiger partial charge in [-0.2, -0.15) is 0 Å². The molecule has 0 aliphatic carbocycles. The minimum absolute atomic E-state index is 0.236. The van der Waals surface area contributed by atoms with Gasteiger partial charge in [-0.3, -0.25) is 0 Å². The van der Waals surface area contributed by atoms with Gasteiger partial charge in [0.15, 0.2) is 0 Å². The first-order valence-corrected chi connectivity index (χ1v) is 6.93. The molecule has 102 valence electrons. The Hall–Kier alpha value is -1.06. The summed E-state index contributed by atoms with van der Waals surface area (Å²) in [5.74, 6) is 0. The predicted molar refractivity (Wildman–Crippen MR) is 78.0 cm³/mol. The minimum Gasteiger partial charge on any atom is -0.392 e. The smallest absolute Gasteiger partial charge is 0.0662 e. The van der Waals surface area contributed by atoms with Crippen molar-refractivity contribution in [1.29, 1.82) is 0 Å². The molecule has 1 aromatic rings. The number of hydrogen-bond acceptors (Lipinski definition) is 3. The first-order chi connectivity index (χ1) is 8.71. The number of aliphatic hydroxyl groups is 1. The van der Waals surface area contributed by atoms with Crippen molar-refractivity contribution >= 4 is 5.69 Å². The van der Waals surface area contributed by atoms with Crippen molar-refractivity contribution in [3.8, 4) is 0 Å². The van der Waals surface area contributed by atoms with Crippen molar-refractivity contribution in [3.63, 3.8) is 0 Å². The summed E-state index contributed by atoms with van der Waals surface area (Å²) in [6.07, 6.45) is 0.563. The van der Waals surface area contributed by atoms with E-state index in [4.69, 9.17) is 0 Å². The molecular formula is C15H26N2O. The van der Waals surface area contributed by atoms with Crippen LogP contribution in [-0.4, -0.2) is 30.8 Å². The predicted octanol–water partition coefficient (Wildman–Crippen LogP) is 2.39. The quantitative estimate of drug-likeness (QED) is 0.743. The van der Waals surface area contributed by atoms with E-state index >= 15 is 0 Å². The molecule has 0 saturated heterocycles. The Kier molecular flexibility index (Phi) is 6.76. The van der Waals surface area contributed by atoms with Crippen LogP contribution in [0.25, 0.3) is 0 Å². The van der Waals surface area contributed by atoms with Crippen molar-refractivity contribution in [2.24, 2.45) is 0 Å². The zero-order chi connectivity index (χ0) is 13.4. The molecule has 0 aliphatic heterocycles. The van der Waals surface area contributed by atoms with Gasteiger partial charge in [-0.1, -0.05) is 19.1 Å². The number of aliphatic hydroxyl groups excluding tert-OH is 1. The van der Waals surface area contributed by atoms with Crippen LogP contribution >= 0.6 is 0 Å². The Morgan fingerprint density at radius 1 is 1.11 bits per heavy atom. The molecule has 1 aromatic carbocycles. The molecule has 0 spiro atoms. The van der Waals surface area contributed by atoms with Gasteiger partial charge in [-0.25, -0.2) is 0 Å². The fraction of sp³-hybridized carbons (Fsp3) is 0.600. The largest absolute Gasteiger partial charge is 0.392 e. The Labute approximate surface area is 111 Å². The van der Waals surface area contributed by atoms with Crippen LogP contribution in [0.1, 0.15) is 32.8 Å². The van der Waals surface area contributed by atoms with E-state index in [2.05, 4.69) is 48.3 Å². The number of nitrogens with zero attached hydrogens (tertiary/aromatic N) is 1. The number of nitrogens with one attached hydrogen (secondary N) is 1. The maximum atomic E-state index is 9.45. The zero-order valence-electron chi connectivity index (χ0n) is 11.8. The average molecular weight is 250 g/mol. The van der Waals surface area contributed by atoms with Gasteiger partial charge in [0.05, 0.1) is 6.10 Å². The van der Waals surface area contributed by atoms with Crippen LogP contribution in [0.2, 0.25) is 0 Å². The van der Waals surface area contributed by atoms with E-state index in [1.54, 1.807) is 0 Å². The van der Waals surface area contributed by atoms with Crippen LogP contribution in [0.3, 0.4) is 0 Å². The summed E-state index contributed by atoms with van der Waals surface area (Å²) in [7, 11) is 0. The van der Waals surface area contributed by atoms with Gasteiger partial charge < -0.3 is 15.3 Å². The second-order valence-corrected chi connectivity index (χ2v) is 4.53. The molecule has 18 heavy (non-hydrogen) atoms. The van der Waals surface area contributed by atoms with Crippen LogP contribution in [0, 0.1) is 0 Å². The lowest BCUT2D eigenvalue weighted by Gasteiger charge is -2.21. The molecule has 1 unspecified atom stereocenters. The highest BCUT2D eigenvalue weighted by atomic mass is 16.3. The third-order valence-corrected chi connectivity index (χ3v) is 3.25. The first-order valence-electron chi connectivity index (χ1n) is 6.93. The van der Waals surface area contributed by atoms with Crippen LogP contribution in [-0.2, 0) is 6.54 Å². The second-order valence-electron chi connectivity index (χ2n) is 4.53. The molecule has 0 amide bonds. The van der Waals surface area contributed by atoms with Crippen molar-refractivity contribution in [2.75, 3.05) is 24.5 Å². The topological polar surface area (TPSA) is 35.5 Å².